The first-order valence-corrected chi connectivity index (χ1v) is 3.77. The fraction of sp³-hybridized carbons (Fsp3) is 1.00. The minimum absolute atomic E-state index is 0.150. The van der Waals surface area contributed by atoms with Crippen molar-refractivity contribution in [2.24, 2.45) is 0 Å². The topological polar surface area (TPSA) is 15.7 Å². The van der Waals surface area contributed by atoms with Gasteiger partial charge in [0.15, 0.2) is 6.35 Å². The molecular formula is C5H16N2OSi. The van der Waals surface area contributed by atoms with Crippen LogP contribution in [0, 0.1) is 0 Å². The largest absolute Gasteiger partial charge is 0.401 e. The van der Waals surface area contributed by atoms with E-state index in [-0.39, 0.29) is 6.35 Å². The summed E-state index contributed by atoms with van der Waals surface area (Å²) in [6, 6.07) is 0. The highest BCUT2D eigenvalue weighted by molar-refractivity contribution is 5.98. The van der Waals surface area contributed by atoms with Crippen molar-refractivity contribution in [3.05, 3.63) is 0 Å². The lowest BCUT2D eigenvalue weighted by molar-refractivity contribution is -0.0386. The van der Waals surface area contributed by atoms with Crippen LogP contribution in [0.3, 0.4) is 0 Å². The summed E-state index contributed by atoms with van der Waals surface area (Å²) in [5.74, 6) is 0. The number of nitrogens with zero attached hydrogens (tertiary/aromatic N) is 2. The van der Waals surface area contributed by atoms with Gasteiger partial charge < -0.3 is 4.43 Å². The molecule has 0 heterocycles. The van der Waals surface area contributed by atoms with Crippen molar-refractivity contribution in [1.82, 2.24) is 9.80 Å². The maximum atomic E-state index is 5.26. The number of hydrogen-bond acceptors (Lipinski definition) is 3. The second-order valence-electron chi connectivity index (χ2n) is 2.49. The average Bonchev–Trinajstić information content (AvgIpc) is 1.64. The Bertz CT molecular complexity index is 69.4. The van der Waals surface area contributed by atoms with Gasteiger partial charge in [0, 0.05) is 0 Å². The van der Waals surface area contributed by atoms with E-state index in [1.807, 2.05) is 38.0 Å². The van der Waals surface area contributed by atoms with Gasteiger partial charge in [0.05, 0.1) is 0 Å². The normalized spacial score (nSPS) is 12.3. The fourth-order valence-electron chi connectivity index (χ4n) is 0.884. The summed E-state index contributed by atoms with van der Waals surface area (Å²) >= 11 is 0. The van der Waals surface area contributed by atoms with Crippen LogP contribution in [0.1, 0.15) is 0 Å². The lowest BCUT2D eigenvalue weighted by Gasteiger charge is -2.28. The second-order valence-corrected chi connectivity index (χ2v) is 2.96. The van der Waals surface area contributed by atoms with Crippen LogP contribution in [0.5, 0.6) is 0 Å². The SMILES string of the molecule is CN(C)C(O[SiH3])N(C)C. The van der Waals surface area contributed by atoms with Crippen LogP contribution in [0.15, 0.2) is 0 Å². The fourth-order valence-corrected chi connectivity index (χ4v) is 1.73. The highest BCUT2D eigenvalue weighted by atomic mass is 28.2. The van der Waals surface area contributed by atoms with E-state index in [2.05, 4.69) is 0 Å². The molecule has 0 rings (SSSR count). The van der Waals surface area contributed by atoms with Crippen molar-refractivity contribution in [2.45, 2.75) is 6.35 Å². The molecule has 56 valence electrons. The van der Waals surface area contributed by atoms with Crippen LogP contribution in [0.4, 0.5) is 0 Å². The third kappa shape index (κ3) is 2.95. The van der Waals surface area contributed by atoms with E-state index in [4.69, 9.17) is 4.43 Å². The quantitative estimate of drug-likeness (QED) is 0.365. The Hall–Kier alpha value is 0.0969. The summed E-state index contributed by atoms with van der Waals surface area (Å²) in [4.78, 5) is 4.07. The lowest BCUT2D eigenvalue weighted by atomic mass is 10.7. The maximum Gasteiger partial charge on any atom is 0.156 e. The number of rotatable bonds is 3. The van der Waals surface area contributed by atoms with E-state index in [9.17, 15) is 0 Å². The molecule has 0 radical (unpaired) electrons. The van der Waals surface area contributed by atoms with Crippen LogP contribution >= 0.6 is 0 Å². The summed E-state index contributed by atoms with van der Waals surface area (Å²) in [6.07, 6.45) is 0.150. The summed E-state index contributed by atoms with van der Waals surface area (Å²) in [6.45, 7) is 0. The molecule has 0 amide bonds. The first-order chi connectivity index (χ1) is 4.09. The molecule has 0 N–H and O–H groups in total. The molecule has 0 bridgehead atoms. The van der Waals surface area contributed by atoms with Crippen molar-refractivity contribution in [1.29, 1.82) is 0 Å². The van der Waals surface area contributed by atoms with Crippen LogP contribution < -0.4 is 0 Å². The molecule has 0 spiro atoms. The van der Waals surface area contributed by atoms with Gasteiger partial charge in [0.1, 0.15) is 10.5 Å². The van der Waals surface area contributed by atoms with Gasteiger partial charge in [0.25, 0.3) is 0 Å². The van der Waals surface area contributed by atoms with Gasteiger partial charge in [-0.3, -0.25) is 9.80 Å². The Kier molecular flexibility index (Phi) is 4.04. The Morgan fingerprint density at radius 2 is 1.44 bits per heavy atom. The summed E-state index contributed by atoms with van der Waals surface area (Å²) < 4.78 is 5.26. The Morgan fingerprint density at radius 3 is 1.44 bits per heavy atom. The zero-order chi connectivity index (χ0) is 7.44. The van der Waals surface area contributed by atoms with E-state index < -0.39 is 0 Å². The highest BCUT2D eigenvalue weighted by Gasteiger charge is 2.09. The van der Waals surface area contributed by atoms with Crippen molar-refractivity contribution in [3.63, 3.8) is 0 Å². The Morgan fingerprint density at radius 1 is 1.11 bits per heavy atom. The number of hydrogen-bond donors (Lipinski definition) is 0. The van der Waals surface area contributed by atoms with Gasteiger partial charge in [0.2, 0.25) is 0 Å². The second kappa shape index (κ2) is 4.00. The third-order valence-corrected chi connectivity index (χ3v) is 1.52. The van der Waals surface area contributed by atoms with Gasteiger partial charge in [-0.15, -0.1) is 0 Å². The molecule has 0 aromatic rings. The molecule has 0 aliphatic carbocycles. The van der Waals surface area contributed by atoms with Crippen LogP contribution in [0.25, 0.3) is 0 Å². The summed E-state index contributed by atoms with van der Waals surface area (Å²) in [5, 5.41) is 0. The molecule has 9 heavy (non-hydrogen) atoms. The molecule has 4 heteroatoms. The molecule has 0 aromatic carbocycles. The molecule has 0 aliphatic heterocycles. The average molecular weight is 148 g/mol. The first-order valence-electron chi connectivity index (χ1n) is 2.95. The monoisotopic (exact) mass is 148 g/mol. The van der Waals surface area contributed by atoms with Crippen molar-refractivity contribution >= 4 is 10.5 Å². The van der Waals surface area contributed by atoms with E-state index in [0.29, 0.717) is 0 Å². The predicted molar refractivity (Wildman–Crippen MR) is 42.2 cm³/mol. The summed E-state index contributed by atoms with van der Waals surface area (Å²) in [5.41, 5.74) is 0. The van der Waals surface area contributed by atoms with Crippen molar-refractivity contribution in [2.75, 3.05) is 28.2 Å². The molecule has 0 saturated heterocycles. The molecule has 0 atom stereocenters. The zero-order valence-corrected chi connectivity index (χ0v) is 8.88. The van der Waals surface area contributed by atoms with Crippen LogP contribution in [-0.4, -0.2) is 54.8 Å². The minimum atomic E-state index is 0.150. The van der Waals surface area contributed by atoms with Crippen LogP contribution in [0.2, 0.25) is 0 Å². The van der Waals surface area contributed by atoms with E-state index in [1.54, 1.807) is 0 Å². The van der Waals surface area contributed by atoms with Gasteiger partial charge in [-0.25, -0.2) is 0 Å². The predicted octanol–water partition coefficient (Wildman–Crippen LogP) is -1.31. The molecule has 3 nitrogen and oxygen atoms in total. The van der Waals surface area contributed by atoms with E-state index >= 15 is 0 Å². The van der Waals surface area contributed by atoms with E-state index in [1.165, 1.54) is 0 Å². The molecule has 0 fully saturated rings. The minimum Gasteiger partial charge on any atom is -0.401 e. The lowest BCUT2D eigenvalue weighted by Crippen LogP contribution is -2.42. The Balaban J connectivity index is 3.68. The van der Waals surface area contributed by atoms with Gasteiger partial charge in [-0.1, -0.05) is 0 Å². The molecule has 0 aromatic heterocycles. The smallest absolute Gasteiger partial charge is 0.156 e. The van der Waals surface area contributed by atoms with Gasteiger partial charge >= 0.3 is 0 Å². The first kappa shape index (κ1) is 9.10. The van der Waals surface area contributed by atoms with E-state index in [0.717, 1.165) is 10.5 Å². The highest BCUT2D eigenvalue weighted by Crippen LogP contribution is 1.94. The summed E-state index contributed by atoms with van der Waals surface area (Å²) in [7, 11) is 8.79. The standard InChI is InChI=1S/C5H16N2OSi/c1-6(2)5(8-9)7(3)4/h5H,1-4,9H3. The van der Waals surface area contributed by atoms with Crippen molar-refractivity contribution in [3.8, 4) is 0 Å². The Labute approximate surface area is 60.1 Å². The molecule has 0 unspecified atom stereocenters. The van der Waals surface area contributed by atoms with Gasteiger partial charge in [-0.2, -0.15) is 0 Å². The third-order valence-electron chi connectivity index (χ3n) is 1.09. The molecular weight excluding hydrogens is 132 g/mol. The van der Waals surface area contributed by atoms with Gasteiger partial charge in [-0.05, 0) is 28.2 Å². The maximum absolute atomic E-state index is 5.26. The molecule has 0 aliphatic rings. The van der Waals surface area contributed by atoms with Crippen LogP contribution in [-0.2, 0) is 4.43 Å². The van der Waals surface area contributed by atoms with Crippen molar-refractivity contribution < 1.29 is 4.43 Å². The molecule has 0 saturated carbocycles. The zero-order valence-electron chi connectivity index (χ0n) is 6.88.